The minimum absolute atomic E-state index is 0.0609. The zero-order valence-corrected chi connectivity index (χ0v) is 13.0. The Bertz CT molecular complexity index is 561. The molecule has 23 heavy (non-hydrogen) atoms. The zero-order chi connectivity index (χ0) is 17.2. The Balaban J connectivity index is 2.39. The van der Waals surface area contributed by atoms with Crippen molar-refractivity contribution in [2.45, 2.75) is 26.4 Å². The molecule has 0 fully saturated rings. The highest BCUT2D eigenvalue weighted by Crippen LogP contribution is 2.26. The highest BCUT2D eigenvalue weighted by Gasteiger charge is 2.19. The lowest BCUT2D eigenvalue weighted by Crippen LogP contribution is -2.42. The topological polar surface area (TPSA) is 117 Å². The lowest BCUT2D eigenvalue weighted by Gasteiger charge is -2.13. The number of carbonyl (C=O) groups is 3. The number of primary amides is 1. The average molecular weight is 324 g/mol. The van der Waals surface area contributed by atoms with Crippen molar-refractivity contribution in [3.8, 4) is 11.5 Å². The standard InChI is InChI=1S/C15H20N2O6/c1-3-21-11-6-4-5-7-12(11)22-9-8-13(18)23-10(2)14(19)17-15(16)20/h4-7,10H,3,8-9H2,1-2H3,(H3,16,17,19,20)/t10-/m1/s1. The summed E-state index contributed by atoms with van der Waals surface area (Å²) in [6.45, 7) is 3.75. The normalized spacial score (nSPS) is 11.2. The Hall–Kier alpha value is -2.77. The molecule has 0 radical (unpaired) electrons. The van der Waals surface area contributed by atoms with Crippen LogP contribution in [-0.4, -0.2) is 37.2 Å². The molecule has 126 valence electrons. The van der Waals surface area contributed by atoms with Crippen LogP contribution in [-0.2, 0) is 14.3 Å². The summed E-state index contributed by atoms with van der Waals surface area (Å²) in [7, 11) is 0. The molecular formula is C15H20N2O6. The SMILES string of the molecule is CCOc1ccccc1OCCC(=O)O[C@H](C)C(=O)NC(N)=O. The molecule has 3 amide bonds. The van der Waals surface area contributed by atoms with E-state index in [-0.39, 0.29) is 13.0 Å². The molecule has 0 saturated heterocycles. The second-order valence-electron chi connectivity index (χ2n) is 4.46. The van der Waals surface area contributed by atoms with Gasteiger partial charge in [0.1, 0.15) is 0 Å². The Labute approximate surface area is 133 Å². The van der Waals surface area contributed by atoms with Gasteiger partial charge in [-0.2, -0.15) is 0 Å². The molecule has 0 aliphatic rings. The third kappa shape index (κ3) is 6.68. The van der Waals surface area contributed by atoms with E-state index in [1.54, 1.807) is 18.2 Å². The molecular weight excluding hydrogens is 304 g/mol. The van der Waals surface area contributed by atoms with Gasteiger partial charge in [0.2, 0.25) is 0 Å². The predicted octanol–water partition coefficient (Wildman–Crippen LogP) is 0.981. The van der Waals surface area contributed by atoms with E-state index in [1.165, 1.54) is 6.92 Å². The molecule has 1 rings (SSSR count). The summed E-state index contributed by atoms with van der Waals surface area (Å²) < 4.78 is 15.7. The average Bonchev–Trinajstić information content (AvgIpc) is 2.48. The molecule has 0 heterocycles. The van der Waals surface area contributed by atoms with Gasteiger partial charge in [-0.05, 0) is 26.0 Å². The van der Waals surface area contributed by atoms with Crippen molar-refractivity contribution in [1.29, 1.82) is 0 Å². The second kappa shape index (κ2) is 9.29. The summed E-state index contributed by atoms with van der Waals surface area (Å²) >= 11 is 0. The number of hydrogen-bond acceptors (Lipinski definition) is 6. The molecule has 0 bridgehead atoms. The molecule has 0 aliphatic carbocycles. The maximum absolute atomic E-state index is 11.6. The van der Waals surface area contributed by atoms with Gasteiger partial charge in [-0.1, -0.05) is 12.1 Å². The van der Waals surface area contributed by atoms with Crippen LogP contribution in [0.15, 0.2) is 24.3 Å². The molecule has 0 unspecified atom stereocenters. The second-order valence-corrected chi connectivity index (χ2v) is 4.46. The lowest BCUT2D eigenvalue weighted by molar-refractivity contribution is -0.154. The van der Waals surface area contributed by atoms with Crippen LogP contribution in [0.4, 0.5) is 4.79 Å². The first kappa shape index (κ1) is 18.3. The fourth-order valence-electron chi connectivity index (χ4n) is 1.62. The Kier molecular flexibility index (Phi) is 7.38. The van der Waals surface area contributed by atoms with Crippen molar-refractivity contribution >= 4 is 17.9 Å². The van der Waals surface area contributed by atoms with Crippen LogP contribution in [0.2, 0.25) is 0 Å². The minimum atomic E-state index is -1.12. The number of nitrogens with one attached hydrogen (secondary N) is 1. The third-order valence-electron chi connectivity index (χ3n) is 2.64. The molecule has 8 heteroatoms. The van der Waals surface area contributed by atoms with Crippen LogP contribution in [0.25, 0.3) is 0 Å². The van der Waals surface area contributed by atoms with Crippen LogP contribution in [0.1, 0.15) is 20.3 Å². The first-order chi connectivity index (χ1) is 10.9. The number of hydrogen-bond donors (Lipinski definition) is 2. The number of esters is 1. The van der Waals surface area contributed by atoms with Gasteiger partial charge in [-0.25, -0.2) is 4.79 Å². The summed E-state index contributed by atoms with van der Waals surface area (Å²) in [5.41, 5.74) is 4.80. The number of amides is 3. The van der Waals surface area contributed by atoms with Gasteiger partial charge in [0.25, 0.3) is 5.91 Å². The van der Waals surface area contributed by atoms with Crippen LogP contribution >= 0.6 is 0 Å². The lowest BCUT2D eigenvalue weighted by atomic mass is 10.3. The minimum Gasteiger partial charge on any atom is -0.490 e. The largest absolute Gasteiger partial charge is 0.490 e. The molecule has 1 aromatic rings. The molecule has 0 aromatic heterocycles. The van der Waals surface area contributed by atoms with Gasteiger partial charge in [-0.15, -0.1) is 0 Å². The van der Waals surface area contributed by atoms with E-state index in [2.05, 4.69) is 0 Å². The van der Waals surface area contributed by atoms with Gasteiger partial charge in [-0.3, -0.25) is 14.9 Å². The number of benzene rings is 1. The van der Waals surface area contributed by atoms with Gasteiger partial charge < -0.3 is 19.9 Å². The van der Waals surface area contributed by atoms with E-state index in [9.17, 15) is 14.4 Å². The van der Waals surface area contributed by atoms with E-state index in [4.69, 9.17) is 19.9 Å². The maximum Gasteiger partial charge on any atom is 0.318 e. The van der Waals surface area contributed by atoms with E-state index in [1.807, 2.05) is 18.3 Å². The first-order valence-corrected chi connectivity index (χ1v) is 7.08. The van der Waals surface area contributed by atoms with Gasteiger partial charge in [0, 0.05) is 0 Å². The Morgan fingerprint density at radius 1 is 1.17 bits per heavy atom. The highest BCUT2D eigenvalue weighted by atomic mass is 16.6. The number of rotatable bonds is 8. The molecule has 1 aromatic carbocycles. The predicted molar refractivity (Wildman–Crippen MR) is 81.0 cm³/mol. The number of para-hydroxylation sites is 2. The fourth-order valence-corrected chi connectivity index (χ4v) is 1.62. The summed E-state index contributed by atoms with van der Waals surface area (Å²) in [6.07, 6.45) is -1.18. The Morgan fingerprint density at radius 2 is 1.78 bits per heavy atom. The molecule has 0 aliphatic heterocycles. The van der Waals surface area contributed by atoms with E-state index in [0.29, 0.717) is 18.1 Å². The van der Waals surface area contributed by atoms with Crippen LogP contribution in [0, 0.1) is 0 Å². The number of nitrogens with two attached hydrogens (primary N) is 1. The highest BCUT2D eigenvalue weighted by molar-refractivity contribution is 5.96. The maximum atomic E-state index is 11.6. The molecule has 3 N–H and O–H groups in total. The van der Waals surface area contributed by atoms with Crippen molar-refractivity contribution in [3.63, 3.8) is 0 Å². The molecule has 0 saturated carbocycles. The quantitative estimate of drug-likeness (QED) is 0.688. The smallest absolute Gasteiger partial charge is 0.318 e. The molecule has 8 nitrogen and oxygen atoms in total. The van der Waals surface area contributed by atoms with E-state index >= 15 is 0 Å². The monoisotopic (exact) mass is 324 g/mol. The van der Waals surface area contributed by atoms with Crippen LogP contribution in [0.5, 0.6) is 11.5 Å². The molecule has 0 spiro atoms. The van der Waals surface area contributed by atoms with Crippen molar-refractivity contribution in [1.82, 2.24) is 5.32 Å². The number of carbonyl (C=O) groups excluding carboxylic acids is 3. The third-order valence-corrected chi connectivity index (χ3v) is 2.64. The molecule has 1 atom stereocenters. The number of urea groups is 1. The van der Waals surface area contributed by atoms with Crippen LogP contribution in [0.3, 0.4) is 0 Å². The summed E-state index contributed by atoms with van der Waals surface area (Å²) in [6, 6.07) is 6.07. The number of ether oxygens (including phenoxy) is 3. The zero-order valence-electron chi connectivity index (χ0n) is 13.0. The van der Waals surface area contributed by atoms with E-state index < -0.39 is 24.0 Å². The van der Waals surface area contributed by atoms with Gasteiger partial charge in [0.05, 0.1) is 19.6 Å². The number of imide groups is 1. The van der Waals surface area contributed by atoms with Gasteiger partial charge >= 0.3 is 12.0 Å². The van der Waals surface area contributed by atoms with Crippen LogP contribution < -0.4 is 20.5 Å². The summed E-state index contributed by atoms with van der Waals surface area (Å²) in [5, 5.41) is 1.83. The van der Waals surface area contributed by atoms with Crippen molar-refractivity contribution in [3.05, 3.63) is 24.3 Å². The summed E-state index contributed by atoms with van der Waals surface area (Å²) in [5.74, 6) is -0.321. The van der Waals surface area contributed by atoms with E-state index in [0.717, 1.165) is 0 Å². The van der Waals surface area contributed by atoms with Crippen molar-refractivity contribution in [2.24, 2.45) is 5.73 Å². The van der Waals surface area contributed by atoms with Crippen molar-refractivity contribution in [2.75, 3.05) is 13.2 Å². The fraction of sp³-hybridized carbons (Fsp3) is 0.400. The Morgan fingerprint density at radius 3 is 2.35 bits per heavy atom. The summed E-state index contributed by atoms with van der Waals surface area (Å²) in [4.78, 5) is 33.5. The van der Waals surface area contributed by atoms with Crippen molar-refractivity contribution < 1.29 is 28.6 Å². The van der Waals surface area contributed by atoms with Gasteiger partial charge in [0.15, 0.2) is 17.6 Å². The first-order valence-electron chi connectivity index (χ1n) is 7.08.